The fourth-order valence-electron chi connectivity index (χ4n) is 1.77. The van der Waals surface area contributed by atoms with Crippen molar-refractivity contribution < 1.29 is 9.53 Å². The average Bonchev–Trinajstić information content (AvgIpc) is 2.45. The number of nitrogens with zero attached hydrogens (tertiary/aromatic N) is 2. The van der Waals surface area contributed by atoms with E-state index in [0.717, 1.165) is 0 Å². The molecule has 1 aromatic rings. The van der Waals surface area contributed by atoms with Crippen LogP contribution in [0, 0.1) is 22.7 Å². The highest BCUT2D eigenvalue weighted by Crippen LogP contribution is 2.32. The lowest BCUT2D eigenvalue weighted by Crippen LogP contribution is -2.38. The Balaban J connectivity index is 3.27. The zero-order valence-electron chi connectivity index (χ0n) is 10.5. The number of alkyl halides is 1. The second kappa shape index (κ2) is 6.78. The van der Waals surface area contributed by atoms with Gasteiger partial charge in [0.1, 0.15) is 5.38 Å². The molecule has 98 valence electrons. The highest BCUT2D eigenvalue weighted by Gasteiger charge is 2.44. The summed E-state index contributed by atoms with van der Waals surface area (Å²) in [5.74, 6) is -0.676. The summed E-state index contributed by atoms with van der Waals surface area (Å²) in [6.45, 7) is 1.82. The third kappa shape index (κ3) is 3.24. The van der Waals surface area contributed by atoms with Gasteiger partial charge in [-0.15, -0.1) is 11.6 Å². The Kier molecular flexibility index (Phi) is 5.36. The Labute approximate surface area is 117 Å². The van der Waals surface area contributed by atoms with Gasteiger partial charge >= 0.3 is 5.97 Å². The van der Waals surface area contributed by atoms with Crippen molar-refractivity contribution in [3.05, 3.63) is 35.9 Å². The molecule has 0 saturated heterocycles. The summed E-state index contributed by atoms with van der Waals surface area (Å²) >= 11 is 5.80. The first-order valence-corrected chi connectivity index (χ1v) is 6.22. The lowest BCUT2D eigenvalue weighted by atomic mass is 9.78. The van der Waals surface area contributed by atoms with Crippen molar-refractivity contribution in [2.45, 2.75) is 24.1 Å². The largest absolute Gasteiger partial charge is 0.465 e. The van der Waals surface area contributed by atoms with E-state index in [1.54, 1.807) is 37.3 Å². The molecule has 2 atom stereocenters. The number of hydrogen-bond donors (Lipinski definition) is 0. The minimum Gasteiger partial charge on any atom is -0.465 e. The predicted octanol–water partition coefficient (Wildman–Crippen LogP) is 2.53. The second-order valence-electron chi connectivity index (χ2n) is 3.90. The number of nitriles is 2. The Morgan fingerprint density at radius 2 is 2.05 bits per heavy atom. The van der Waals surface area contributed by atoms with Crippen LogP contribution in [-0.2, 0) is 14.9 Å². The molecule has 1 rings (SSSR count). The SMILES string of the molecule is CCOC(=O)[C@](C#N)(C[C@H](Cl)C#N)c1ccccc1. The average molecular weight is 277 g/mol. The normalized spacial score (nSPS) is 14.5. The molecule has 1 aromatic carbocycles. The quantitative estimate of drug-likeness (QED) is 0.612. The van der Waals surface area contributed by atoms with Crippen molar-refractivity contribution in [1.29, 1.82) is 10.5 Å². The Bertz CT molecular complexity index is 518. The van der Waals surface area contributed by atoms with Crippen LogP contribution in [-0.4, -0.2) is 18.0 Å². The van der Waals surface area contributed by atoms with Crippen molar-refractivity contribution in [3.63, 3.8) is 0 Å². The fourth-order valence-corrected chi connectivity index (χ4v) is 2.00. The van der Waals surface area contributed by atoms with Crippen LogP contribution in [0.5, 0.6) is 0 Å². The zero-order valence-corrected chi connectivity index (χ0v) is 11.2. The maximum Gasteiger partial charge on any atom is 0.331 e. The van der Waals surface area contributed by atoms with E-state index in [0.29, 0.717) is 5.56 Å². The van der Waals surface area contributed by atoms with Gasteiger partial charge in [0.05, 0.1) is 18.7 Å². The number of ether oxygens (including phenoxy) is 1. The van der Waals surface area contributed by atoms with Crippen LogP contribution in [0.3, 0.4) is 0 Å². The molecule has 0 heterocycles. The maximum absolute atomic E-state index is 12.1. The standard InChI is InChI=1S/C14H13ClN2O2/c1-2-19-13(18)14(10-17,8-12(15)9-16)11-6-4-3-5-7-11/h3-7,12H,2,8H2,1H3/t12-,14-/m0/s1. The summed E-state index contributed by atoms with van der Waals surface area (Å²) in [7, 11) is 0. The third-order valence-corrected chi connectivity index (χ3v) is 2.96. The molecular formula is C14H13ClN2O2. The van der Waals surface area contributed by atoms with Crippen LogP contribution in [0.2, 0.25) is 0 Å². The van der Waals surface area contributed by atoms with E-state index in [4.69, 9.17) is 21.6 Å². The van der Waals surface area contributed by atoms with Crippen LogP contribution in [0.25, 0.3) is 0 Å². The van der Waals surface area contributed by atoms with Crippen molar-refractivity contribution >= 4 is 17.6 Å². The summed E-state index contributed by atoms with van der Waals surface area (Å²) in [6.07, 6.45) is -0.107. The van der Waals surface area contributed by atoms with Crippen LogP contribution in [0.1, 0.15) is 18.9 Å². The molecule has 0 bridgehead atoms. The number of rotatable bonds is 5. The summed E-state index contributed by atoms with van der Waals surface area (Å²) < 4.78 is 4.97. The highest BCUT2D eigenvalue weighted by atomic mass is 35.5. The van der Waals surface area contributed by atoms with Gasteiger partial charge in [-0.1, -0.05) is 30.3 Å². The predicted molar refractivity (Wildman–Crippen MR) is 70.2 cm³/mol. The van der Waals surface area contributed by atoms with Crippen molar-refractivity contribution in [3.8, 4) is 12.1 Å². The maximum atomic E-state index is 12.1. The van der Waals surface area contributed by atoms with Crippen LogP contribution >= 0.6 is 11.6 Å². The van der Waals surface area contributed by atoms with E-state index in [-0.39, 0.29) is 13.0 Å². The molecule has 0 saturated carbocycles. The molecule has 0 fully saturated rings. The summed E-state index contributed by atoms with van der Waals surface area (Å²) in [5.41, 5.74) is -1.06. The molecule has 0 aromatic heterocycles. The van der Waals surface area contributed by atoms with Crippen LogP contribution in [0.4, 0.5) is 0 Å². The van der Waals surface area contributed by atoms with Gasteiger partial charge in [0.25, 0.3) is 0 Å². The molecule has 0 aliphatic rings. The first-order chi connectivity index (χ1) is 9.10. The van der Waals surface area contributed by atoms with Gasteiger partial charge in [-0.25, -0.2) is 4.79 Å². The molecular weight excluding hydrogens is 264 g/mol. The molecule has 0 aliphatic heterocycles. The monoisotopic (exact) mass is 276 g/mol. The number of halogens is 1. The van der Waals surface area contributed by atoms with E-state index in [1.807, 2.05) is 12.1 Å². The van der Waals surface area contributed by atoms with E-state index in [9.17, 15) is 10.1 Å². The summed E-state index contributed by atoms with van der Waals surface area (Å²) in [6, 6.07) is 12.3. The van der Waals surface area contributed by atoms with Crippen molar-refractivity contribution in [2.75, 3.05) is 6.61 Å². The van der Waals surface area contributed by atoms with Gasteiger partial charge in [-0.2, -0.15) is 10.5 Å². The molecule has 0 unspecified atom stereocenters. The molecule has 19 heavy (non-hydrogen) atoms. The first-order valence-electron chi connectivity index (χ1n) is 5.78. The molecule has 0 spiro atoms. The van der Waals surface area contributed by atoms with Crippen LogP contribution in [0.15, 0.2) is 30.3 Å². The minimum absolute atomic E-state index is 0.107. The molecule has 0 amide bonds. The Morgan fingerprint density at radius 3 is 2.53 bits per heavy atom. The van der Waals surface area contributed by atoms with Gasteiger partial charge in [-0.05, 0) is 12.5 Å². The van der Waals surface area contributed by atoms with Crippen molar-refractivity contribution in [2.24, 2.45) is 0 Å². The number of esters is 1. The molecule has 0 N–H and O–H groups in total. The first kappa shape index (κ1) is 15.0. The summed E-state index contributed by atoms with van der Waals surface area (Å²) in [4.78, 5) is 12.1. The van der Waals surface area contributed by atoms with E-state index < -0.39 is 16.8 Å². The number of benzene rings is 1. The molecule has 0 radical (unpaired) electrons. The molecule has 0 aliphatic carbocycles. The van der Waals surface area contributed by atoms with Gasteiger partial charge < -0.3 is 4.74 Å². The van der Waals surface area contributed by atoms with E-state index in [2.05, 4.69) is 0 Å². The zero-order chi connectivity index (χ0) is 14.3. The van der Waals surface area contributed by atoms with Crippen molar-refractivity contribution in [1.82, 2.24) is 0 Å². The second-order valence-corrected chi connectivity index (χ2v) is 4.43. The third-order valence-electron chi connectivity index (χ3n) is 2.71. The highest BCUT2D eigenvalue weighted by molar-refractivity contribution is 6.22. The van der Waals surface area contributed by atoms with Gasteiger partial charge in [0.2, 0.25) is 0 Å². The Morgan fingerprint density at radius 1 is 1.42 bits per heavy atom. The van der Waals surface area contributed by atoms with Gasteiger partial charge in [0.15, 0.2) is 5.41 Å². The van der Waals surface area contributed by atoms with E-state index in [1.165, 1.54) is 0 Å². The lowest BCUT2D eigenvalue weighted by Gasteiger charge is -2.25. The smallest absolute Gasteiger partial charge is 0.331 e. The lowest BCUT2D eigenvalue weighted by molar-refractivity contribution is -0.148. The van der Waals surface area contributed by atoms with Gasteiger partial charge in [-0.3, -0.25) is 0 Å². The topological polar surface area (TPSA) is 73.9 Å². The van der Waals surface area contributed by atoms with E-state index >= 15 is 0 Å². The number of carbonyl (C=O) groups excluding carboxylic acids is 1. The van der Waals surface area contributed by atoms with Crippen LogP contribution < -0.4 is 0 Å². The minimum atomic E-state index is -1.54. The summed E-state index contributed by atoms with van der Waals surface area (Å²) in [5, 5.41) is 17.3. The van der Waals surface area contributed by atoms with Gasteiger partial charge in [0, 0.05) is 6.42 Å². The number of hydrogen-bond acceptors (Lipinski definition) is 4. The fraction of sp³-hybridized carbons (Fsp3) is 0.357. The molecule has 5 heteroatoms. The molecule has 4 nitrogen and oxygen atoms in total. The Hall–Kier alpha value is -2.04. The number of carbonyl (C=O) groups is 1.